The van der Waals surface area contributed by atoms with E-state index in [-0.39, 0.29) is 0 Å². The van der Waals surface area contributed by atoms with E-state index in [1.165, 1.54) is 6.92 Å². The number of aliphatic hydroxyl groups is 3. The van der Waals surface area contributed by atoms with Gasteiger partial charge >= 0.3 is 13.8 Å². The van der Waals surface area contributed by atoms with Crippen molar-refractivity contribution in [2.45, 2.75) is 37.6 Å². The summed E-state index contributed by atoms with van der Waals surface area (Å²) in [6, 6.07) is -1.04. The highest BCUT2D eigenvalue weighted by Crippen LogP contribution is 2.25. The van der Waals surface area contributed by atoms with Crippen molar-refractivity contribution in [3.8, 4) is 0 Å². The van der Waals surface area contributed by atoms with Crippen LogP contribution >= 0.6 is 7.82 Å². The molecule has 0 aliphatic carbocycles. The van der Waals surface area contributed by atoms with Crippen molar-refractivity contribution in [1.82, 2.24) is 0 Å². The fourth-order valence-corrected chi connectivity index (χ4v) is 1.37. The smallest absolute Gasteiger partial charge is 0.434 e. The van der Waals surface area contributed by atoms with E-state index in [1.54, 1.807) is 0 Å². The van der Waals surface area contributed by atoms with Crippen LogP contribution in [-0.4, -0.2) is 73.2 Å². The van der Waals surface area contributed by atoms with E-state index in [0.29, 0.717) is 0 Å². The van der Waals surface area contributed by atoms with E-state index < -0.39 is 51.0 Å². The zero-order valence-electron chi connectivity index (χ0n) is 10.4. The molecule has 120 valence electrons. The molecule has 1 unspecified atom stereocenters. The number of nitrogens with two attached hydrogens (primary N) is 1. The third kappa shape index (κ3) is 7.24. The van der Waals surface area contributed by atoms with E-state index in [4.69, 9.17) is 34.8 Å². The van der Waals surface area contributed by atoms with Gasteiger partial charge in [-0.3, -0.25) is 4.79 Å². The summed E-state index contributed by atoms with van der Waals surface area (Å²) >= 11 is 0. The van der Waals surface area contributed by atoms with E-state index in [0.717, 1.165) is 0 Å². The first-order valence-electron chi connectivity index (χ1n) is 5.31. The van der Waals surface area contributed by atoms with Crippen LogP contribution in [0.4, 0.5) is 0 Å². The second kappa shape index (κ2) is 7.98. The monoisotopic (exact) mass is 319 g/mol. The number of carbonyl (C=O) groups excluding carboxylic acids is 1. The molecule has 0 aromatic rings. The molecule has 0 spiro atoms. The fourth-order valence-electron chi connectivity index (χ4n) is 1.37. The number of phosphoric acid groups is 1. The number of hydrogen-bond acceptors (Lipinski definition) is 8. The third-order valence-electron chi connectivity index (χ3n) is 2.21. The van der Waals surface area contributed by atoms with Crippen molar-refractivity contribution in [3.05, 3.63) is 0 Å². The Morgan fingerprint density at radius 3 is 2.10 bits per heavy atom. The van der Waals surface area contributed by atoms with Gasteiger partial charge in [0, 0.05) is 6.92 Å². The summed E-state index contributed by atoms with van der Waals surface area (Å²) in [5, 5.41) is 27.7. The van der Waals surface area contributed by atoms with Gasteiger partial charge < -0.3 is 45.2 Å². The standard InChI is InChI=1S/C8H15NO6.H3O4P/c1-3(11)14-8-5(9)7(13)6(12)4(2-10)15-8;1-5(2,3)4/h4-8,10,12-13H,2,9H2,1H3;(H3,1,2,3,4)/t4-,5+,6-,7-,8?;/m1./s1. The number of esters is 1. The average Bonchev–Trinajstić information content (AvgIpc) is 2.27. The molecule has 1 fully saturated rings. The molecular formula is C8H18NO10P. The lowest BCUT2D eigenvalue weighted by Crippen LogP contribution is -2.62. The summed E-state index contributed by atoms with van der Waals surface area (Å²) < 4.78 is 18.6. The fraction of sp³-hybridized carbons (Fsp3) is 0.875. The van der Waals surface area contributed by atoms with Crippen LogP contribution in [-0.2, 0) is 18.8 Å². The minimum Gasteiger partial charge on any atom is -0.434 e. The predicted molar refractivity (Wildman–Crippen MR) is 61.8 cm³/mol. The Kier molecular flexibility index (Phi) is 7.73. The number of carbonyl (C=O) groups is 1. The Hall–Kier alpha value is -0.620. The molecule has 0 saturated carbocycles. The largest absolute Gasteiger partial charge is 0.466 e. The van der Waals surface area contributed by atoms with Gasteiger partial charge in [0.05, 0.1) is 12.6 Å². The van der Waals surface area contributed by atoms with E-state index in [2.05, 4.69) is 4.74 Å². The summed E-state index contributed by atoms with van der Waals surface area (Å²) in [5.74, 6) is -0.615. The van der Waals surface area contributed by atoms with Crippen LogP contribution in [0.25, 0.3) is 0 Å². The van der Waals surface area contributed by atoms with E-state index >= 15 is 0 Å². The highest BCUT2D eigenvalue weighted by Gasteiger charge is 2.43. The van der Waals surface area contributed by atoms with Crippen molar-refractivity contribution < 1.29 is 48.8 Å². The minimum absolute atomic E-state index is 0.497. The molecule has 12 heteroatoms. The van der Waals surface area contributed by atoms with Crippen molar-refractivity contribution in [1.29, 1.82) is 0 Å². The first-order chi connectivity index (χ1) is 8.97. The van der Waals surface area contributed by atoms with Gasteiger partial charge in [-0.1, -0.05) is 0 Å². The maximum Gasteiger partial charge on any atom is 0.466 e. The molecule has 8 N–H and O–H groups in total. The molecule has 0 amide bonds. The lowest BCUT2D eigenvalue weighted by Gasteiger charge is -2.39. The summed E-state index contributed by atoms with van der Waals surface area (Å²) in [5.41, 5.74) is 5.48. The van der Waals surface area contributed by atoms with Gasteiger partial charge in [-0.2, -0.15) is 0 Å². The molecule has 5 atom stereocenters. The highest BCUT2D eigenvalue weighted by atomic mass is 31.2. The Morgan fingerprint density at radius 1 is 1.30 bits per heavy atom. The molecule has 1 aliphatic heterocycles. The van der Waals surface area contributed by atoms with Gasteiger partial charge in [-0.05, 0) is 0 Å². The molecule has 1 rings (SSSR count). The van der Waals surface area contributed by atoms with Crippen LogP contribution < -0.4 is 5.73 Å². The Labute approximate surface area is 113 Å². The normalized spacial score (nSPS) is 33.9. The molecular weight excluding hydrogens is 301 g/mol. The van der Waals surface area contributed by atoms with Crippen LogP contribution in [0, 0.1) is 0 Å². The van der Waals surface area contributed by atoms with E-state index in [9.17, 15) is 15.0 Å². The van der Waals surface area contributed by atoms with Crippen LogP contribution in [0.5, 0.6) is 0 Å². The zero-order chi connectivity index (χ0) is 16.1. The highest BCUT2D eigenvalue weighted by molar-refractivity contribution is 7.45. The summed E-state index contributed by atoms with van der Waals surface area (Å²) in [6.07, 6.45) is -4.76. The number of rotatable bonds is 2. The van der Waals surface area contributed by atoms with Crippen LogP contribution in [0.1, 0.15) is 6.92 Å². The zero-order valence-corrected chi connectivity index (χ0v) is 11.3. The first-order valence-corrected chi connectivity index (χ1v) is 6.87. The molecule has 20 heavy (non-hydrogen) atoms. The quantitative estimate of drug-likeness (QED) is 0.196. The van der Waals surface area contributed by atoms with Crippen LogP contribution in [0.3, 0.4) is 0 Å². The number of ether oxygens (including phenoxy) is 2. The Balaban J connectivity index is 0.000000621. The maximum atomic E-state index is 10.7. The molecule has 0 radical (unpaired) electrons. The summed E-state index contributed by atoms with van der Waals surface area (Å²) in [4.78, 5) is 32.2. The maximum absolute atomic E-state index is 10.7. The number of aliphatic hydroxyl groups excluding tert-OH is 3. The van der Waals surface area contributed by atoms with Gasteiger partial charge in [-0.25, -0.2) is 4.57 Å². The van der Waals surface area contributed by atoms with E-state index in [1.807, 2.05) is 0 Å². The molecule has 11 nitrogen and oxygen atoms in total. The van der Waals surface area contributed by atoms with Gasteiger partial charge in [-0.15, -0.1) is 0 Å². The lowest BCUT2D eigenvalue weighted by atomic mass is 9.98. The second-order valence-corrected chi connectivity index (χ2v) is 4.93. The summed E-state index contributed by atoms with van der Waals surface area (Å²) in [6.45, 7) is 0.671. The van der Waals surface area contributed by atoms with Crippen LogP contribution in [0.15, 0.2) is 0 Å². The molecule has 1 aliphatic rings. The van der Waals surface area contributed by atoms with Gasteiger partial charge in [0.1, 0.15) is 18.3 Å². The number of hydrogen-bond donors (Lipinski definition) is 7. The molecule has 0 bridgehead atoms. The summed E-state index contributed by atoms with van der Waals surface area (Å²) in [7, 11) is -4.64. The van der Waals surface area contributed by atoms with Gasteiger partial charge in [0.2, 0.25) is 6.29 Å². The minimum atomic E-state index is -4.64. The lowest BCUT2D eigenvalue weighted by molar-refractivity contribution is -0.258. The average molecular weight is 319 g/mol. The van der Waals surface area contributed by atoms with Crippen LogP contribution in [0.2, 0.25) is 0 Å². The molecule has 0 aromatic carbocycles. The van der Waals surface area contributed by atoms with Crippen molar-refractivity contribution in [2.24, 2.45) is 5.73 Å². The van der Waals surface area contributed by atoms with Crippen molar-refractivity contribution in [3.63, 3.8) is 0 Å². The second-order valence-electron chi connectivity index (χ2n) is 3.91. The third-order valence-corrected chi connectivity index (χ3v) is 2.21. The van der Waals surface area contributed by atoms with Crippen molar-refractivity contribution >= 4 is 13.8 Å². The predicted octanol–water partition coefficient (Wildman–Crippen LogP) is -3.61. The topological polar surface area (TPSA) is 200 Å². The Bertz CT molecular complexity index is 349. The SMILES string of the molecule is CC(=O)OC1O[C@H](CO)[C@@H](O)[C@H](O)[C@@H]1N.O=P(O)(O)O. The molecule has 1 saturated heterocycles. The Morgan fingerprint density at radius 2 is 1.75 bits per heavy atom. The molecule has 0 aromatic heterocycles. The van der Waals surface area contributed by atoms with Gasteiger partial charge in [0.25, 0.3) is 0 Å². The van der Waals surface area contributed by atoms with Gasteiger partial charge in [0.15, 0.2) is 0 Å². The molecule has 1 heterocycles. The van der Waals surface area contributed by atoms with Crippen molar-refractivity contribution in [2.75, 3.05) is 6.61 Å². The first kappa shape index (κ1) is 19.4.